The van der Waals surface area contributed by atoms with Crippen LogP contribution in [0.25, 0.3) is 0 Å². The molecule has 1 unspecified atom stereocenters. The monoisotopic (exact) mass is 584 g/mol. The summed E-state index contributed by atoms with van der Waals surface area (Å²) < 4.78 is 92.3. The van der Waals surface area contributed by atoms with Gasteiger partial charge in [-0.05, 0) is 61.9 Å². The van der Waals surface area contributed by atoms with Crippen LogP contribution in [0.1, 0.15) is 73.7 Å². The van der Waals surface area contributed by atoms with Crippen molar-refractivity contribution in [1.29, 1.82) is 0 Å². The van der Waals surface area contributed by atoms with Crippen LogP contribution in [-0.2, 0) is 32.0 Å². The zero-order valence-electron chi connectivity index (χ0n) is 22.8. The van der Waals surface area contributed by atoms with Gasteiger partial charge in [0, 0.05) is 32.0 Å². The fourth-order valence-corrected chi connectivity index (χ4v) is 6.53. The standard InChI is InChI=1S/C30H34F6N2O3/c1-20(21-17-23(29(31,32)33)19-24(18-21)30(34,35)36)37-26(39)27(22-5-3-2-4-6-22)9-7-25(8-10-27)38-13-11-28(12-14-38)40-15-16-41-28/h2-6,17-20,25H,7-16H2,1H3,(H,37,39). The molecule has 2 saturated heterocycles. The van der Waals surface area contributed by atoms with Crippen LogP contribution in [0.3, 0.4) is 0 Å². The minimum atomic E-state index is -4.96. The van der Waals surface area contributed by atoms with Crippen molar-refractivity contribution in [3.8, 4) is 0 Å². The van der Waals surface area contributed by atoms with E-state index in [4.69, 9.17) is 9.47 Å². The molecule has 2 aliphatic heterocycles. The highest BCUT2D eigenvalue weighted by Crippen LogP contribution is 2.44. The van der Waals surface area contributed by atoms with Crippen molar-refractivity contribution in [2.45, 2.75) is 81.1 Å². The Balaban J connectivity index is 1.34. The van der Waals surface area contributed by atoms with Crippen molar-refractivity contribution >= 4 is 5.91 Å². The molecule has 1 amide bonds. The molecule has 2 aromatic rings. The van der Waals surface area contributed by atoms with Crippen LogP contribution in [0.2, 0.25) is 0 Å². The molecule has 1 spiro atoms. The van der Waals surface area contributed by atoms with Gasteiger partial charge in [-0.3, -0.25) is 9.69 Å². The molecule has 0 radical (unpaired) electrons. The third-order valence-corrected chi connectivity index (χ3v) is 8.92. The molecular formula is C30H34F6N2O3. The summed E-state index contributed by atoms with van der Waals surface area (Å²) in [7, 11) is 0. The zero-order chi connectivity index (χ0) is 29.5. The molecule has 3 fully saturated rings. The number of piperidine rings is 1. The number of nitrogens with one attached hydrogen (secondary N) is 1. The number of amides is 1. The lowest BCUT2D eigenvalue weighted by Crippen LogP contribution is -2.53. The number of carbonyl (C=O) groups excluding carboxylic acids is 1. The molecule has 2 aromatic carbocycles. The van der Waals surface area contributed by atoms with Gasteiger partial charge in [0.25, 0.3) is 0 Å². The fourth-order valence-electron chi connectivity index (χ4n) is 6.53. The highest BCUT2D eigenvalue weighted by molar-refractivity contribution is 5.88. The molecule has 5 rings (SSSR count). The summed E-state index contributed by atoms with van der Waals surface area (Å²) in [5, 5.41) is 2.77. The molecule has 224 valence electrons. The fraction of sp³-hybridized carbons (Fsp3) is 0.567. The van der Waals surface area contributed by atoms with Crippen LogP contribution in [0.5, 0.6) is 0 Å². The largest absolute Gasteiger partial charge is 0.416 e. The molecule has 1 atom stereocenters. The Morgan fingerprint density at radius 2 is 1.41 bits per heavy atom. The SMILES string of the molecule is CC(NC(=O)C1(c2ccccc2)CCC(N2CCC3(CC2)OCCO3)CC1)c1cc(C(F)(F)F)cc(C(F)(F)F)c1. The van der Waals surface area contributed by atoms with E-state index in [2.05, 4.69) is 10.2 Å². The lowest BCUT2D eigenvalue weighted by Gasteiger charge is -2.46. The first kappa shape index (κ1) is 29.8. The van der Waals surface area contributed by atoms with E-state index in [1.165, 1.54) is 6.92 Å². The number of hydrogen-bond donors (Lipinski definition) is 1. The summed E-state index contributed by atoms with van der Waals surface area (Å²) in [5.74, 6) is -0.879. The molecule has 11 heteroatoms. The molecular weight excluding hydrogens is 550 g/mol. The number of benzene rings is 2. The molecule has 5 nitrogen and oxygen atoms in total. The Morgan fingerprint density at radius 1 is 0.878 bits per heavy atom. The Labute approximate surface area is 235 Å². The number of hydrogen-bond acceptors (Lipinski definition) is 4. The van der Waals surface area contributed by atoms with Crippen LogP contribution >= 0.6 is 0 Å². The Kier molecular flexibility index (Phi) is 8.17. The summed E-state index contributed by atoms with van der Waals surface area (Å²) >= 11 is 0. The third kappa shape index (κ3) is 6.27. The second kappa shape index (κ2) is 11.2. The summed E-state index contributed by atoms with van der Waals surface area (Å²) in [6.45, 7) is 4.27. The van der Waals surface area contributed by atoms with Crippen molar-refractivity contribution in [3.63, 3.8) is 0 Å². The lowest BCUT2D eigenvalue weighted by molar-refractivity contribution is -0.188. The maximum atomic E-state index is 13.9. The number of likely N-dealkylation sites (tertiary alicyclic amines) is 1. The first-order valence-electron chi connectivity index (χ1n) is 14.0. The normalized spacial score (nSPS) is 26.2. The number of ether oxygens (including phenoxy) is 2. The van der Waals surface area contributed by atoms with E-state index in [1.807, 2.05) is 30.3 Å². The van der Waals surface area contributed by atoms with E-state index in [0.717, 1.165) is 44.3 Å². The van der Waals surface area contributed by atoms with E-state index in [-0.39, 0.29) is 17.7 Å². The first-order chi connectivity index (χ1) is 19.3. The van der Waals surface area contributed by atoms with Crippen LogP contribution in [0.15, 0.2) is 48.5 Å². The van der Waals surface area contributed by atoms with E-state index in [0.29, 0.717) is 38.2 Å². The van der Waals surface area contributed by atoms with Gasteiger partial charge in [-0.25, -0.2) is 0 Å². The smallest absolute Gasteiger partial charge is 0.349 e. The van der Waals surface area contributed by atoms with Crippen LogP contribution in [0, 0.1) is 0 Å². The summed E-state index contributed by atoms with van der Waals surface area (Å²) in [6.07, 6.45) is -5.90. The predicted octanol–water partition coefficient (Wildman–Crippen LogP) is 6.62. The van der Waals surface area contributed by atoms with Gasteiger partial charge in [0.05, 0.1) is 35.8 Å². The van der Waals surface area contributed by atoms with Crippen molar-refractivity contribution in [3.05, 3.63) is 70.8 Å². The average Bonchev–Trinajstić information content (AvgIpc) is 3.40. The molecule has 1 aliphatic carbocycles. The minimum Gasteiger partial charge on any atom is -0.349 e. The van der Waals surface area contributed by atoms with Crippen LogP contribution in [0.4, 0.5) is 26.3 Å². The molecule has 3 aliphatic rings. The van der Waals surface area contributed by atoms with Crippen LogP contribution < -0.4 is 5.32 Å². The lowest BCUT2D eigenvalue weighted by atomic mass is 9.67. The zero-order valence-corrected chi connectivity index (χ0v) is 22.8. The quantitative estimate of drug-likeness (QED) is 0.402. The Morgan fingerprint density at radius 3 is 1.93 bits per heavy atom. The summed E-state index contributed by atoms with van der Waals surface area (Å²) in [6, 6.07) is 9.83. The van der Waals surface area contributed by atoms with Crippen molar-refractivity contribution in [2.24, 2.45) is 0 Å². The van der Waals surface area contributed by atoms with Gasteiger partial charge >= 0.3 is 12.4 Å². The summed E-state index contributed by atoms with van der Waals surface area (Å²) in [5.41, 5.74) is -3.23. The first-order valence-corrected chi connectivity index (χ1v) is 14.0. The van der Waals surface area contributed by atoms with Gasteiger partial charge in [-0.1, -0.05) is 30.3 Å². The molecule has 1 saturated carbocycles. The van der Waals surface area contributed by atoms with Gasteiger partial charge < -0.3 is 14.8 Å². The van der Waals surface area contributed by atoms with E-state index in [1.54, 1.807) is 0 Å². The van der Waals surface area contributed by atoms with Crippen molar-refractivity contribution < 1.29 is 40.6 Å². The Bertz CT molecular complexity index is 1180. The summed E-state index contributed by atoms with van der Waals surface area (Å²) in [4.78, 5) is 16.3. The van der Waals surface area contributed by atoms with Crippen molar-refractivity contribution in [1.82, 2.24) is 10.2 Å². The molecule has 41 heavy (non-hydrogen) atoms. The van der Waals surface area contributed by atoms with Gasteiger partial charge in [-0.15, -0.1) is 0 Å². The molecule has 0 aromatic heterocycles. The van der Waals surface area contributed by atoms with Gasteiger partial charge in [0.2, 0.25) is 5.91 Å². The van der Waals surface area contributed by atoms with Crippen LogP contribution in [-0.4, -0.2) is 48.9 Å². The Hall–Kier alpha value is -2.63. The van der Waals surface area contributed by atoms with Gasteiger partial charge in [-0.2, -0.15) is 26.3 Å². The number of alkyl halides is 6. The van der Waals surface area contributed by atoms with Gasteiger partial charge in [0.1, 0.15) is 0 Å². The average molecular weight is 585 g/mol. The molecule has 1 N–H and O–H groups in total. The number of rotatable bonds is 5. The highest BCUT2D eigenvalue weighted by atomic mass is 19.4. The van der Waals surface area contributed by atoms with E-state index < -0.39 is 46.6 Å². The number of carbonyl (C=O) groups is 1. The highest BCUT2D eigenvalue weighted by Gasteiger charge is 2.47. The number of nitrogens with zero attached hydrogens (tertiary/aromatic N) is 1. The maximum Gasteiger partial charge on any atom is 0.416 e. The molecule has 0 bridgehead atoms. The van der Waals surface area contributed by atoms with E-state index in [9.17, 15) is 31.1 Å². The third-order valence-electron chi connectivity index (χ3n) is 8.92. The predicted molar refractivity (Wildman–Crippen MR) is 139 cm³/mol. The minimum absolute atomic E-state index is 0.0954. The second-order valence-electron chi connectivity index (χ2n) is 11.4. The molecule has 2 heterocycles. The number of halogens is 6. The second-order valence-corrected chi connectivity index (χ2v) is 11.4. The van der Waals surface area contributed by atoms with Crippen molar-refractivity contribution in [2.75, 3.05) is 26.3 Å². The van der Waals surface area contributed by atoms with E-state index >= 15 is 0 Å². The maximum absolute atomic E-state index is 13.9. The van der Waals surface area contributed by atoms with Gasteiger partial charge in [0.15, 0.2) is 5.79 Å². The topological polar surface area (TPSA) is 50.8 Å².